The predicted octanol–water partition coefficient (Wildman–Crippen LogP) is 2.36. The van der Waals surface area contributed by atoms with E-state index in [1.165, 1.54) is 0 Å². The van der Waals surface area contributed by atoms with Crippen molar-refractivity contribution < 1.29 is 14.3 Å². The molecule has 5 heteroatoms. The largest absolute Gasteiger partial charge is 0.381 e. The van der Waals surface area contributed by atoms with Gasteiger partial charge in [0.1, 0.15) is 0 Å². The topological polar surface area (TPSA) is 62.6 Å². The molecule has 1 aliphatic heterocycles. The molecule has 1 amide bonds. The summed E-state index contributed by atoms with van der Waals surface area (Å²) in [6.07, 6.45) is 3.63. The molecule has 1 aliphatic carbocycles. The zero-order chi connectivity index (χ0) is 16.4. The molecule has 23 heavy (non-hydrogen) atoms. The van der Waals surface area contributed by atoms with Crippen molar-refractivity contribution >= 4 is 5.91 Å². The molecule has 122 valence electrons. The van der Waals surface area contributed by atoms with Crippen LogP contribution in [0.3, 0.4) is 0 Å². The van der Waals surface area contributed by atoms with Crippen LogP contribution < -0.4 is 0 Å². The number of carbonyl (C=O) groups excluding carboxylic acids is 1. The number of likely N-dealkylation sites (tertiary alicyclic amines) is 1. The van der Waals surface area contributed by atoms with Crippen molar-refractivity contribution in [2.75, 3.05) is 20.8 Å². The number of rotatable bonds is 3. The molecule has 0 N–H and O–H groups in total. The second kappa shape index (κ2) is 6.31. The van der Waals surface area contributed by atoms with Gasteiger partial charge in [-0.2, -0.15) is 5.26 Å². The van der Waals surface area contributed by atoms with E-state index in [1.54, 1.807) is 38.5 Å². The normalized spacial score (nSPS) is 29.9. The Morgan fingerprint density at radius 1 is 1.35 bits per heavy atom. The fourth-order valence-corrected chi connectivity index (χ4v) is 4.04. The molecule has 0 bridgehead atoms. The predicted molar refractivity (Wildman–Crippen MR) is 85.0 cm³/mol. The highest BCUT2D eigenvalue weighted by Crippen LogP contribution is 2.43. The minimum atomic E-state index is -0.272. The van der Waals surface area contributed by atoms with E-state index in [0.717, 1.165) is 25.7 Å². The number of hydrogen-bond acceptors (Lipinski definition) is 4. The maximum Gasteiger partial charge on any atom is 0.255 e. The van der Waals surface area contributed by atoms with Gasteiger partial charge in [-0.05, 0) is 37.8 Å². The Labute approximate surface area is 136 Å². The molecule has 3 rings (SSSR count). The highest BCUT2D eigenvalue weighted by Gasteiger charge is 2.52. The Bertz CT molecular complexity index is 639. The van der Waals surface area contributed by atoms with E-state index >= 15 is 0 Å². The molecule has 0 radical (unpaired) electrons. The lowest BCUT2D eigenvalue weighted by atomic mass is 9.79. The summed E-state index contributed by atoms with van der Waals surface area (Å²) in [7, 11) is 3.45. The van der Waals surface area contributed by atoms with Gasteiger partial charge in [-0.1, -0.05) is 12.1 Å². The Kier molecular flexibility index (Phi) is 4.38. The van der Waals surface area contributed by atoms with Crippen LogP contribution in [0.15, 0.2) is 24.3 Å². The molecule has 1 heterocycles. The number of fused-ring (bicyclic) bond motifs is 1. The molecular formula is C18H22N2O3. The molecule has 0 spiro atoms. The number of amides is 1. The quantitative estimate of drug-likeness (QED) is 0.859. The number of nitrogens with zero attached hydrogens (tertiary/aromatic N) is 2. The first-order valence-electron chi connectivity index (χ1n) is 8.03. The van der Waals surface area contributed by atoms with Crippen LogP contribution in [0.5, 0.6) is 0 Å². The van der Waals surface area contributed by atoms with Crippen molar-refractivity contribution in [1.29, 1.82) is 5.26 Å². The van der Waals surface area contributed by atoms with E-state index in [4.69, 9.17) is 9.47 Å². The van der Waals surface area contributed by atoms with Gasteiger partial charge in [0.25, 0.3) is 5.91 Å². The van der Waals surface area contributed by atoms with Gasteiger partial charge in [0.05, 0.1) is 34.9 Å². The third-order valence-corrected chi connectivity index (χ3v) is 5.41. The van der Waals surface area contributed by atoms with Crippen LogP contribution in [0.4, 0.5) is 0 Å². The third kappa shape index (κ3) is 2.62. The summed E-state index contributed by atoms with van der Waals surface area (Å²) in [6.45, 7) is 0.660. The molecule has 1 saturated carbocycles. The summed E-state index contributed by atoms with van der Waals surface area (Å²) in [4.78, 5) is 14.9. The summed E-state index contributed by atoms with van der Waals surface area (Å²) in [6, 6.07) is 9.11. The van der Waals surface area contributed by atoms with E-state index in [9.17, 15) is 10.1 Å². The Balaban J connectivity index is 1.91. The molecule has 2 aliphatic rings. The number of methoxy groups -OCH3 is 2. The minimum absolute atomic E-state index is 0.00505. The lowest BCUT2D eigenvalue weighted by Gasteiger charge is -2.43. The number of hydrogen-bond donors (Lipinski definition) is 0. The summed E-state index contributed by atoms with van der Waals surface area (Å²) in [5, 5.41) is 9.25. The molecule has 2 fully saturated rings. The first kappa shape index (κ1) is 16.0. The molecule has 1 aromatic carbocycles. The van der Waals surface area contributed by atoms with Gasteiger partial charge in [-0.3, -0.25) is 4.79 Å². The van der Waals surface area contributed by atoms with Crippen LogP contribution in [0.1, 0.15) is 41.6 Å². The lowest BCUT2D eigenvalue weighted by Crippen LogP contribution is -2.53. The van der Waals surface area contributed by atoms with Crippen LogP contribution >= 0.6 is 0 Å². The van der Waals surface area contributed by atoms with Crippen LogP contribution in [-0.2, 0) is 9.47 Å². The van der Waals surface area contributed by atoms with Crippen molar-refractivity contribution in [3.05, 3.63) is 35.4 Å². The second-order valence-electron chi connectivity index (χ2n) is 6.32. The molecule has 0 aromatic heterocycles. The summed E-state index contributed by atoms with van der Waals surface area (Å²) < 4.78 is 11.4. The molecule has 5 nitrogen and oxygen atoms in total. The number of benzene rings is 1. The third-order valence-electron chi connectivity index (χ3n) is 5.41. The van der Waals surface area contributed by atoms with E-state index < -0.39 is 0 Å². The highest BCUT2D eigenvalue weighted by atomic mass is 16.5. The molecule has 1 aromatic rings. The van der Waals surface area contributed by atoms with Gasteiger partial charge in [-0.15, -0.1) is 0 Å². The number of nitriles is 1. The first-order valence-corrected chi connectivity index (χ1v) is 8.03. The highest BCUT2D eigenvalue weighted by molar-refractivity contribution is 5.97. The van der Waals surface area contributed by atoms with E-state index in [-0.39, 0.29) is 23.7 Å². The van der Waals surface area contributed by atoms with Crippen molar-refractivity contribution in [3.63, 3.8) is 0 Å². The fraction of sp³-hybridized carbons (Fsp3) is 0.556. The van der Waals surface area contributed by atoms with E-state index in [1.807, 2.05) is 4.90 Å². The Morgan fingerprint density at radius 3 is 2.83 bits per heavy atom. The minimum Gasteiger partial charge on any atom is -0.381 e. The first-order chi connectivity index (χ1) is 11.1. The van der Waals surface area contributed by atoms with Gasteiger partial charge in [-0.25, -0.2) is 0 Å². The second-order valence-corrected chi connectivity index (χ2v) is 6.32. The number of ether oxygens (including phenoxy) is 2. The van der Waals surface area contributed by atoms with Crippen LogP contribution in [-0.4, -0.2) is 49.3 Å². The van der Waals surface area contributed by atoms with Gasteiger partial charge in [0.2, 0.25) is 0 Å². The summed E-state index contributed by atoms with van der Waals surface area (Å²) in [5.74, 6) is -0.0807. The zero-order valence-electron chi connectivity index (χ0n) is 13.6. The molecular weight excluding hydrogens is 292 g/mol. The fourth-order valence-electron chi connectivity index (χ4n) is 4.04. The van der Waals surface area contributed by atoms with E-state index in [0.29, 0.717) is 17.7 Å². The van der Waals surface area contributed by atoms with Crippen LogP contribution in [0, 0.1) is 11.3 Å². The average Bonchev–Trinajstić information content (AvgIpc) is 3.00. The van der Waals surface area contributed by atoms with E-state index in [2.05, 4.69) is 6.07 Å². The molecule has 0 unspecified atom stereocenters. The van der Waals surface area contributed by atoms with Crippen LogP contribution in [0.25, 0.3) is 0 Å². The van der Waals surface area contributed by atoms with Crippen LogP contribution in [0.2, 0.25) is 0 Å². The van der Waals surface area contributed by atoms with Gasteiger partial charge in [0, 0.05) is 20.8 Å². The van der Waals surface area contributed by atoms with Gasteiger partial charge < -0.3 is 14.4 Å². The average molecular weight is 314 g/mol. The van der Waals surface area contributed by atoms with Crippen molar-refractivity contribution in [2.24, 2.45) is 0 Å². The zero-order valence-corrected chi connectivity index (χ0v) is 13.6. The summed E-state index contributed by atoms with van der Waals surface area (Å²) >= 11 is 0. The maximum atomic E-state index is 13.0. The van der Waals surface area contributed by atoms with Gasteiger partial charge >= 0.3 is 0 Å². The van der Waals surface area contributed by atoms with Crippen molar-refractivity contribution in [3.8, 4) is 6.07 Å². The van der Waals surface area contributed by atoms with Gasteiger partial charge in [0.15, 0.2) is 0 Å². The lowest BCUT2D eigenvalue weighted by molar-refractivity contribution is -0.0893. The monoisotopic (exact) mass is 314 g/mol. The number of carbonyl (C=O) groups is 1. The maximum absolute atomic E-state index is 13.0. The smallest absolute Gasteiger partial charge is 0.255 e. The van der Waals surface area contributed by atoms with Crippen molar-refractivity contribution in [1.82, 2.24) is 4.90 Å². The Morgan fingerprint density at radius 2 is 2.13 bits per heavy atom. The molecule has 3 atom stereocenters. The standard InChI is InChI=1S/C18H22N2O3/c1-22-14-7-8-18(23-2)9-10-20(16(18)11-14)17(21)15-6-4-3-5-13(15)12-19/h3-6,14,16H,7-11H2,1-2H3/t14-,16-,18+/m0/s1. The van der Waals surface area contributed by atoms with Crippen molar-refractivity contribution in [2.45, 2.75) is 43.4 Å². The Hall–Kier alpha value is -1.90. The SMILES string of the molecule is CO[C@H]1CC[C@@]2(OC)CCN(C(=O)c3ccccc3C#N)[C@H]2C1. The molecule has 1 saturated heterocycles. The summed E-state index contributed by atoms with van der Waals surface area (Å²) in [5.41, 5.74) is 0.625.